The Balaban J connectivity index is 1.67. The Morgan fingerprint density at radius 1 is 1.46 bits per heavy atom. The van der Waals surface area contributed by atoms with Crippen molar-refractivity contribution in [1.29, 1.82) is 0 Å². The van der Waals surface area contributed by atoms with Crippen molar-refractivity contribution in [2.75, 3.05) is 25.0 Å². The van der Waals surface area contributed by atoms with Gasteiger partial charge in [0.05, 0.1) is 6.61 Å². The van der Waals surface area contributed by atoms with Gasteiger partial charge >= 0.3 is 0 Å². The Morgan fingerprint density at radius 3 is 3.00 bits per heavy atom. The monoisotopic (exact) mass is 406 g/mol. The number of amides is 1. The fraction of sp³-hybridized carbons (Fsp3) is 0.421. The molecule has 0 aliphatic carbocycles. The molecule has 0 bridgehead atoms. The van der Waals surface area contributed by atoms with Crippen LogP contribution in [0.15, 0.2) is 29.3 Å². The smallest absolute Gasteiger partial charge is 0.276 e. The van der Waals surface area contributed by atoms with Crippen LogP contribution in [0.4, 0.5) is 10.1 Å². The molecule has 7 nitrogen and oxygen atoms in total. The summed E-state index contributed by atoms with van der Waals surface area (Å²) in [6, 6.07) is 4.39. The summed E-state index contributed by atoms with van der Waals surface area (Å²) in [6.45, 7) is 5.54. The minimum absolute atomic E-state index is 0.0150. The maximum absolute atomic E-state index is 13.5. The molecule has 2 aromatic rings. The highest BCUT2D eigenvalue weighted by Gasteiger charge is 2.43. The first-order chi connectivity index (χ1) is 13.3. The third kappa shape index (κ3) is 3.23. The molecule has 0 radical (unpaired) electrons. The number of carbonyl (C=O) groups excluding carboxylic acids is 1. The summed E-state index contributed by atoms with van der Waals surface area (Å²) in [5.41, 5.74) is 0.968. The van der Waals surface area contributed by atoms with Gasteiger partial charge in [-0.15, -0.1) is 0 Å². The normalized spacial score (nSPS) is 26.6. The largest absolute Gasteiger partial charge is 0.489 e. The van der Waals surface area contributed by atoms with Crippen molar-refractivity contribution in [3.63, 3.8) is 0 Å². The van der Waals surface area contributed by atoms with Crippen LogP contribution >= 0.6 is 0 Å². The molecule has 3 unspecified atom stereocenters. The van der Waals surface area contributed by atoms with Gasteiger partial charge in [0.1, 0.15) is 21.7 Å². The number of carbonyl (C=O) groups is 1. The molecule has 1 amide bonds. The van der Waals surface area contributed by atoms with Gasteiger partial charge in [-0.1, -0.05) is 6.92 Å². The average Bonchev–Trinajstić information content (AvgIpc) is 3.15. The maximum atomic E-state index is 13.5. The van der Waals surface area contributed by atoms with E-state index in [1.165, 1.54) is 12.1 Å². The van der Waals surface area contributed by atoms with Gasteiger partial charge in [0.15, 0.2) is 11.4 Å². The van der Waals surface area contributed by atoms with E-state index in [1.807, 2.05) is 0 Å². The Bertz CT molecular complexity index is 976. The van der Waals surface area contributed by atoms with E-state index in [9.17, 15) is 13.4 Å². The van der Waals surface area contributed by atoms with Gasteiger partial charge in [0.25, 0.3) is 5.91 Å². The van der Waals surface area contributed by atoms with Crippen LogP contribution < -0.4 is 20.1 Å². The maximum Gasteiger partial charge on any atom is 0.276 e. The number of nitrogens with one attached hydrogen (secondary N) is 3. The zero-order valence-corrected chi connectivity index (χ0v) is 16.8. The van der Waals surface area contributed by atoms with Gasteiger partial charge in [0.2, 0.25) is 0 Å². The summed E-state index contributed by atoms with van der Waals surface area (Å²) < 4.78 is 37.2. The summed E-state index contributed by atoms with van der Waals surface area (Å²) in [6.07, 6.45) is 1.65. The fourth-order valence-corrected chi connectivity index (χ4v) is 4.99. The number of aryl methyl sites for hydroxylation is 2. The average molecular weight is 406 g/mol. The Morgan fingerprint density at radius 2 is 2.25 bits per heavy atom. The molecule has 9 heteroatoms. The topological polar surface area (TPSA) is 84.4 Å². The molecule has 3 heterocycles. The Labute approximate surface area is 165 Å². The Hall–Kier alpha value is -2.23. The third-order valence-corrected chi connectivity index (χ3v) is 6.64. The quantitative estimate of drug-likeness (QED) is 0.709. The summed E-state index contributed by atoms with van der Waals surface area (Å²) in [7, 11) is 0.204. The van der Waals surface area contributed by atoms with Gasteiger partial charge in [-0.25, -0.2) is 13.3 Å². The number of nitrogens with zero attached hydrogens (tertiary/aromatic N) is 1. The van der Waals surface area contributed by atoms with Gasteiger partial charge < -0.3 is 19.9 Å². The zero-order valence-electron chi connectivity index (χ0n) is 16.0. The standard InChI is InChI=1S/C19H23FN4O3S/c1-11-6-12(4-5-13(11)20)22-18(25)16-17-14(8-24(16)3)28(26)23-15-7-21-9-19(15,2)10-27-17/h4-6,8,15,21,23H,7,9-10H2,1-3H3,(H,22,25). The fourth-order valence-electron chi connectivity index (χ4n) is 3.66. The molecule has 150 valence electrons. The lowest BCUT2D eigenvalue weighted by atomic mass is 9.87. The van der Waals surface area contributed by atoms with Gasteiger partial charge in [-0.05, 0) is 30.7 Å². The van der Waals surface area contributed by atoms with Crippen molar-refractivity contribution in [3.05, 3.63) is 41.5 Å². The second-order valence-corrected chi connectivity index (χ2v) is 8.93. The van der Waals surface area contributed by atoms with Gasteiger partial charge in [-0.3, -0.25) is 4.79 Å². The number of halogens is 1. The molecule has 4 rings (SSSR count). The number of hydrogen-bond acceptors (Lipinski definition) is 4. The number of ether oxygens (including phenoxy) is 1. The van der Waals surface area contributed by atoms with Crippen LogP contribution in [0.1, 0.15) is 23.0 Å². The van der Waals surface area contributed by atoms with Crippen LogP contribution in [0.25, 0.3) is 0 Å². The van der Waals surface area contributed by atoms with E-state index in [-0.39, 0.29) is 23.0 Å². The lowest BCUT2D eigenvalue weighted by Gasteiger charge is -2.32. The minimum Gasteiger partial charge on any atom is -0.489 e. The second-order valence-electron chi connectivity index (χ2n) is 7.71. The van der Waals surface area contributed by atoms with Crippen molar-refractivity contribution in [3.8, 4) is 5.75 Å². The van der Waals surface area contributed by atoms with Crippen LogP contribution in [-0.4, -0.2) is 40.4 Å². The second kappa shape index (κ2) is 6.98. The molecule has 1 fully saturated rings. The van der Waals surface area contributed by atoms with Crippen LogP contribution in [0.2, 0.25) is 0 Å². The van der Waals surface area contributed by atoms with E-state index >= 15 is 0 Å². The van der Waals surface area contributed by atoms with E-state index in [0.717, 1.165) is 6.54 Å². The van der Waals surface area contributed by atoms with Crippen LogP contribution in [0, 0.1) is 18.2 Å². The molecule has 1 saturated heterocycles. The molecule has 2 aliphatic heterocycles. The first-order valence-electron chi connectivity index (χ1n) is 9.07. The number of aromatic nitrogens is 1. The Kier molecular flexibility index (Phi) is 4.76. The number of anilines is 1. The zero-order chi connectivity index (χ0) is 20.1. The lowest BCUT2D eigenvalue weighted by molar-refractivity contribution is 0.100. The summed E-state index contributed by atoms with van der Waals surface area (Å²) >= 11 is 0. The minimum atomic E-state index is -1.50. The van der Waals surface area contributed by atoms with Crippen molar-refractivity contribution in [2.45, 2.75) is 24.8 Å². The van der Waals surface area contributed by atoms with E-state index in [4.69, 9.17) is 4.74 Å². The summed E-state index contributed by atoms with van der Waals surface area (Å²) in [5, 5.41) is 6.07. The number of benzene rings is 1. The van der Waals surface area contributed by atoms with E-state index in [2.05, 4.69) is 22.3 Å². The molecular formula is C19H23FN4O3S. The molecule has 0 spiro atoms. The van der Waals surface area contributed by atoms with Gasteiger partial charge in [0, 0.05) is 43.5 Å². The number of fused-ring (bicyclic) bond motifs is 2. The van der Waals surface area contributed by atoms with Crippen LogP contribution in [0.5, 0.6) is 5.75 Å². The van der Waals surface area contributed by atoms with E-state index < -0.39 is 16.9 Å². The molecule has 2 aliphatic rings. The van der Waals surface area contributed by atoms with E-state index in [0.29, 0.717) is 35.0 Å². The highest BCUT2D eigenvalue weighted by molar-refractivity contribution is 7.83. The predicted octanol–water partition coefficient (Wildman–Crippen LogP) is 1.71. The molecule has 1 aromatic carbocycles. The molecule has 1 aromatic heterocycles. The summed E-state index contributed by atoms with van der Waals surface area (Å²) in [4.78, 5) is 13.4. The first kappa shape index (κ1) is 19.1. The van der Waals surface area contributed by atoms with Crippen molar-refractivity contribution >= 4 is 22.6 Å². The molecule has 3 N–H and O–H groups in total. The SMILES string of the molecule is Cc1cc(NC(=O)c2c3c(cn2C)S(=O)NC2CNCC2(C)CO3)ccc1F. The van der Waals surface area contributed by atoms with E-state index in [1.54, 1.807) is 30.8 Å². The number of hydrogen-bond donors (Lipinski definition) is 3. The first-order valence-corrected chi connectivity index (χ1v) is 10.2. The third-order valence-electron chi connectivity index (χ3n) is 5.45. The van der Waals surface area contributed by atoms with Crippen molar-refractivity contribution in [1.82, 2.24) is 14.6 Å². The highest BCUT2D eigenvalue weighted by Crippen LogP contribution is 2.36. The molecule has 0 saturated carbocycles. The van der Waals surface area contributed by atoms with Crippen molar-refractivity contribution < 1.29 is 18.1 Å². The van der Waals surface area contributed by atoms with Crippen LogP contribution in [-0.2, 0) is 18.0 Å². The predicted molar refractivity (Wildman–Crippen MR) is 104 cm³/mol. The van der Waals surface area contributed by atoms with Crippen molar-refractivity contribution in [2.24, 2.45) is 12.5 Å². The highest BCUT2D eigenvalue weighted by atomic mass is 32.2. The molecule has 28 heavy (non-hydrogen) atoms. The molecular weight excluding hydrogens is 383 g/mol. The molecule has 3 atom stereocenters. The van der Waals surface area contributed by atoms with Gasteiger partial charge in [-0.2, -0.15) is 0 Å². The number of rotatable bonds is 2. The lowest BCUT2D eigenvalue weighted by Crippen LogP contribution is -2.48. The van der Waals surface area contributed by atoms with Crippen LogP contribution in [0.3, 0.4) is 0 Å². The summed E-state index contributed by atoms with van der Waals surface area (Å²) in [5.74, 6) is -0.422.